The van der Waals surface area contributed by atoms with E-state index in [2.05, 4.69) is 15.3 Å². The maximum absolute atomic E-state index is 5.96. The maximum atomic E-state index is 5.96. The van der Waals surface area contributed by atoms with Crippen LogP contribution < -0.4 is 5.32 Å². The second-order valence-electron chi connectivity index (χ2n) is 4.04. The third kappa shape index (κ3) is 5.13. The van der Waals surface area contributed by atoms with Gasteiger partial charge in [0.2, 0.25) is 0 Å². The first kappa shape index (κ1) is 16.4. The molecule has 7 heteroatoms. The molecule has 1 fully saturated rings. The lowest BCUT2D eigenvalue weighted by molar-refractivity contribution is 0.410. The van der Waals surface area contributed by atoms with Crippen molar-refractivity contribution in [3.05, 3.63) is 11.2 Å². The van der Waals surface area contributed by atoms with Crippen LogP contribution in [-0.2, 0) is 0 Å². The average molecular weight is 326 g/mol. The van der Waals surface area contributed by atoms with Crippen molar-refractivity contribution in [1.29, 1.82) is 0 Å². The molecule has 2 rings (SSSR count). The Morgan fingerprint density at radius 3 is 3.00 bits per heavy atom. The first-order valence-corrected chi connectivity index (χ1v) is 8.29. The van der Waals surface area contributed by atoms with Crippen LogP contribution in [0.4, 0.5) is 0 Å². The third-order valence-corrected chi connectivity index (χ3v) is 4.58. The van der Waals surface area contributed by atoms with Gasteiger partial charge in [0.25, 0.3) is 0 Å². The predicted molar refractivity (Wildman–Crippen MR) is 82.4 cm³/mol. The van der Waals surface area contributed by atoms with Gasteiger partial charge in [-0.25, -0.2) is 9.97 Å². The summed E-state index contributed by atoms with van der Waals surface area (Å²) < 4.78 is 0. The molecule has 0 radical (unpaired) electrons. The molecule has 1 aromatic rings. The molecule has 102 valence electrons. The number of rotatable bonds is 4. The highest BCUT2D eigenvalue weighted by atomic mass is 35.5. The first-order chi connectivity index (χ1) is 8.28. The highest BCUT2D eigenvalue weighted by molar-refractivity contribution is 7.99. The Morgan fingerprint density at radius 2 is 2.33 bits per heavy atom. The Morgan fingerprint density at radius 1 is 1.50 bits per heavy atom. The summed E-state index contributed by atoms with van der Waals surface area (Å²) in [6, 6.07) is 1.85. The van der Waals surface area contributed by atoms with E-state index >= 15 is 0 Å². The lowest BCUT2D eigenvalue weighted by atomic mass is 10.0. The molecule has 1 aliphatic rings. The molecular weight excluding hydrogens is 309 g/mol. The van der Waals surface area contributed by atoms with E-state index in [-0.39, 0.29) is 12.4 Å². The van der Waals surface area contributed by atoms with E-state index in [1.54, 1.807) is 11.8 Å². The molecule has 3 nitrogen and oxygen atoms in total. The minimum absolute atomic E-state index is 0. The monoisotopic (exact) mass is 325 g/mol. The molecule has 1 unspecified atom stereocenters. The highest BCUT2D eigenvalue weighted by Crippen LogP contribution is 2.25. The van der Waals surface area contributed by atoms with Crippen LogP contribution in [0.2, 0.25) is 5.15 Å². The van der Waals surface area contributed by atoms with Gasteiger partial charge >= 0.3 is 0 Å². The zero-order valence-corrected chi connectivity index (χ0v) is 13.4. The van der Waals surface area contributed by atoms with Crippen molar-refractivity contribution in [3.8, 4) is 0 Å². The number of halogens is 2. The van der Waals surface area contributed by atoms with Gasteiger partial charge in [-0.3, -0.25) is 0 Å². The number of aromatic nitrogens is 2. The normalized spacial score (nSPS) is 19.3. The SMILES string of the molecule is CSc1nc(Cl)cc(SCC2CCCNC2)n1.Cl. The fourth-order valence-electron chi connectivity index (χ4n) is 1.81. The van der Waals surface area contributed by atoms with E-state index in [0.717, 1.165) is 34.9 Å². The minimum Gasteiger partial charge on any atom is -0.316 e. The summed E-state index contributed by atoms with van der Waals surface area (Å²) >= 11 is 9.27. The fraction of sp³-hybridized carbons (Fsp3) is 0.636. The van der Waals surface area contributed by atoms with Gasteiger partial charge < -0.3 is 5.32 Å². The smallest absolute Gasteiger partial charge is 0.189 e. The van der Waals surface area contributed by atoms with Crippen molar-refractivity contribution in [1.82, 2.24) is 15.3 Å². The van der Waals surface area contributed by atoms with E-state index in [4.69, 9.17) is 11.6 Å². The second kappa shape index (κ2) is 8.48. The van der Waals surface area contributed by atoms with Crippen LogP contribution >= 0.6 is 47.5 Å². The number of hydrogen-bond donors (Lipinski definition) is 1. The molecule has 2 heterocycles. The molecule has 0 saturated carbocycles. The summed E-state index contributed by atoms with van der Waals surface area (Å²) in [5.41, 5.74) is 0. The summed E-state index contributed by atoms with van der Waals surface area (Å²) in [5, 5.41) is 5.70. The topological polar surface area (TPSA) is 37.8 Å². The number of nitrogens with one attached hydrogen (secondary N) is 1. The molecule has 0 bridgehead atoms. The Labute approximate surface area is 128 Å². The molecular formula is C11H17Cl2N3S2. The zero-order valence-electron chi connectivity index (χ0n) is 10.2. The molecule has 1 aliphatic heterocycles. The van der Waals surface area contributed by atoms with Gasteiger partial charge in [-0.15, -0.1) is 24.2 Å². The first-order valence-electron chi connectivity index (χ1n) is 5.70. The minimum atomic E-state index is 0. The van der Waals surface area contributed by atoms with Crippen LogP contribution in [0.25, 0.3) is 0 Å². The molecule has 1 N–H and O–H groups in total. The van der Waals surface area contributed by atoms with Gasteiger partial charge in [-0.2, -0.15) is 0 Å². The second-order valence-corrected chi connectivity index (χ2v) is 6.24. The van der Waals surface area contributed by atoms with E-state index in [1.807, 2.05) is 12.3 Å². The van der Waals surface area contributed by atoms with Crippen LogP contribution in [0, 0.1) is 5.92 Å². The summed E-state index contributed by atoms with van der Waals surface area (Å²) in [4.78, 5) is 8.59. The summed E-state index contributed by atoms with van der Waals surface area (Å²) in [7, 11) is 0. The molecule has 1 saturated heterocycles. The van der Waals surface area contributed by atoms with Crippen molar-refractivity contribution in [2.24, 2.45) is 5.92 Å². The lowest BCUT2D eigenvalue weighted by Gasteiger charge is -2.21. The molecule has 1 aromatic heterocycles. The van der Waals surface area contributed by atoms with Crippen molar-refractivity contribution in [3.63, 3.8) is 0 Å². The third-order valence-electron chi connectivity index (χ3n) is 2.70. The van der Waals surface area contributed by atoms with Gasteiger partial charge in [0, 0.05) is 11.8 Å². The molecule has 1 atom stereocenters. The largest absolute Gasteiger partial charge is 0.316 e. The zero-order chi connectivity index (χ0) is 12.1. The average Bonchev–Trinajstić information content (AvgIpc) is 2.37. The predicted octanol–water partition coefficient (Wildman–Crippen LogP) is 3.37. The molecule has 0 amide bonds. The van der Waals surface area contributed by atoms with E-state index in [1.165, 1.54) is 24.6 Å². The van der Waals surface area contributed by atoms with Gasteiger partial charge in [0.05, 0.1) is 0 Å². The van der Waals surface area contributed by atoms with Crippen molar-refractivity contribution < 1.29 is 0 Å². The Hall–Kier alpha value is 0.320. The van der Waals surface area contributed by atoms with Crippen molar-refractivity contribution in [2.75, 3.05) is 25.1 Å². The Bertz CT molecular complexity index is 373. The number of piperidine rings is 1. The lowest BCUT2D eigenvalue weighted by Crippen LogP contribution is -2.30. The number of nitrogens with zero attached hydrogens (tertiary/aromatic N) is 2. The molecule has 0 spiro atoms. The van der Waals surface area contributed by atoms with E-state index < -0.39 is 0 Å². The summed E-state index contributed by atoms with van der Waals surface area (Å²) in [5.74, 6) is 1.86. The van der Waals surface area contributed by atoms with Gasteiger partial charge in [-0.1, -0.05) is 23.4 Å². The van der Waals surface area contributed by atoms with Gasteiger partial charge in [-0.05, 0) is 38.1 Å². The number of thioether (sulfide) groups is 2. The van der Waals surface area contributed by atoms with Crippen molar-refractivity contribution in [2.45, 2.75) is 23.0 Å². The highest BCUT2D eigenvalue weighted by Gasteiger charge is 2.14. The van der Waals surface area contributed by atoms with Crippen molar-refractivity contribution >= 4 is 47.5 Å². The van der Waals surface area contributed by atoms with Gasteiger partial charge in [0.15, 0.2) is 5.16 Å². The Balaban J connectivity index is 0.00000162. The molecule has 0 aromatic carbocycles. The van der Waals surface area contributed by atoms with Gasteiger partial charge in [0.1, 0.15) is 10.2 Å². The summed E-state index contributed by atoms with van der Waals surface area (Å²) in [6.45, 7) is 2.29. The van der Waals surface area contributed by atoms with E-state index in [0.29, 0.717) is 5.15 Å². The summed E-state index contributed by atoms with van der Waals surface area (Å²) in [6.07, 6.45) is 4.56. The quantitative estimate of drug-likeness (QED) is 0.522. The van der Waals surface area contributed by atoms with Crippen LogP contribution in [0.5, 0.6) is 0 Å². The Kier molecular flexibility index (Phi) is 7.72. The number of hydrogen-bond acceptors (Lipinski definition) is 5. The van der Waals surface area contributed by atoms with Crippen LogP contribution in [-0.4, -0.2) is 35.1 Å². The molecule has 0 aliphatic carbocycles. The fourth-order valence-corrected chi connectivity index (χ4v) is 3.58. The van der Waals surface area contributed by atoms with Crippen LogP contribution in [0.1, 0.15) is 12.8 Å². The molecule has 18 heavy (non-hydrogen) atoms. The van der Waals surface area contributed by atoms with Crippen LogP contribution in [0.15, 0.2) is 16.2 Å². The maximum Gasteiger partial charge on any atom is 0.189 e. The van der Waals surface area contributed by atoms with Crippen LogP contribution in [0.3, 0.4) is 0 Å². The standard InChI is InChI=1S/C11H16ClN3S2.ClH/c1-16-11-14-9(12)5-10(15-11)17-7-8-3-2-4-13-6-8;/h5,8,13H,2-4,6-7H2,1H3;1H. The van der Waals surface area contributed by atoms with E-state index in [9.17, 15) is 0 Å².